The van der Waals surface area contributed by atoms with Gasteiger partial charge in [0, 0.05) is 36.3 Å². The predicted octanol–water partition coefficient (Wildman–Crippen LogP) is 2.01. The van der Waals surface area contributed by atoms with Gasteiger partial charge >= 0.3 is 0 Å². The highest BCUT2D eigenvalue weighted by Gasteiger charge is 2.48. The van der Waals surface area contributed by atoms with E-state index in [1.165, 1.54) is 11.4 Å². The van der Waals surface area contributed by atoms with Crippen molar-refractivity contribution in [3.63, 3.8) is 0 Å². The van der Waals surface area contributed by atoms with Gasteiger partial charge < -0.3 is 16.0 Å². The molecule has 4 nitrogen and oxygen atoms in total. The second-order valence-electron chi connectivity index (χ2n) is 6.29. The lowest BCUT2D eigenvalue weighted by Gasteiger charge is -2.47. The van der Waals surface area contributed by atoms with Crippen LogP contribution < -0.4 is 16.0 Å². The lowest BCUT2D eigenvalue weighted by Crippen LogP contribution is -2.58. The standard InChI is InChI=1S/C19H26N4/c1-23(2)19(16-11-14-20-15-16,17-9-5-3-7-12-21-17)18-10-6-4-8-13-22-18/h3-10,12-13,16,20-22H,11,14-15H2,1-2H3. The number of likely N-dealkylation sites (N-methyl/N-ethyl adjacent to an activating group) is 1. The summed E-state index contributed by atoms with van der Waals surface area (Å²) in [5.41, 5.74) is 2.16. The van der Waals surface area contributed by atoms with Gasteiger partial charge in [-0.2, -0.15) is 0 Å². The van der Waals surface area contributed by atoms with Crippen LogP contribution in [0.4, 0.5) is 0 Å². The van der Waals surface area contributed by atoms with E-state index in [1.54, 1.807) is 0 Å². The molecule has 1 atom stereocenters. The number of rotatable bonds is 4. The van der Waals surface area contributed by atoms with Crippen molar-refractivity contribution in [1.29, 1.82) is 0 Å². The summed E-state index contributed by atoms with van der Waals surface area (Å²) >= 11 is 0. The first-order chi connectivity index (χ1) is 11.3. The van der Waals surface area contributed by atoms with Gasteiger partial charge in [-0.05, 0) is 51.4 Å². The molecular weight excluding hydrogens is 284 g/mol. The van der Waals surface area contributed by atoms with E-state index in [0.29, 0.717) is 5.92 Å². The molecule has 3 rings (SSSR count). The maximum absolute atomic E-state index is 3.53. The van der Waals surface area contributed by atoms with Crippen molar-refractivity contribution < 1.29 is 0 Å². The van der Waals surface area contributed by atoms with Gasteiger partial charge in [0.2, 0.25) is 0 Å². The monoisotopic (exact) mass is 310 g/mol. The van der Waals surface area contributed by atoms with Crippen LogP contribution in [-0.2, 0) is 0 Å². The van der Waals surface area contributed by atoms with Crippen LogP contribution in [0.3, 0.4) is 0 Å². The highest BCUT2D eigenvalue weighted by Crippen LogP contribution is 2.39. The van der Waals surface area contributed by atoms with Gasteiger partial charge in [-0.25, -0.2) is 0 Å². The van der Waals surface area contributed by atoms with Crippen molar-refractivity contribution in [2.75, 3.05) is 27.2 Å². The van der Waals surface area contributed by atoms with E-state index in [-0.39, 0.29) is 5.54 Å². The lowest BCUT2D eigenvalue weighted by molar-refractivity contribution is 0.150. The third-order valence-corrected chi connectivity index (χ3v) is 4.82. The minimum absolute atomic E-state index is 0.235. The second-order valence-corrected chi connectivity index (χ2v) is 6.29. The normalized spacial score (nSPS) is 23.9. The molecule has 3 N–H and O–H groups in total. The molecule has 0 aliphatic carbocycles. The average Bonchev–Trinajstić information content (AvgIpc) is 2.78. The number of nitrogens with one attached hydrogen (secondary N) is 3. The van der Waals surface area contributed by atoms with Crippen LogP contribution in [-0.4, -0.2) is 37.6 Å². The molecule has 1 saturated heterocycles. The maximum atomic E-state index is 3.53. The summed E-state index contributed by atoms with van der Waals surface area (Å²) in [4.78, 5) is 2.34. The first kappa shape index (κ1) is 15.8. The molecule has 0 amide bonds. The largest absolute Gasteiger partial charge is 0.363 e. The molecule has 0 aromatic carbocycles. The van der Waals surface area contributed by atoms with Crippen LogP contribution in [0.2, 0.25) is 0 Å². The SMILES string of the molecule is CN(C)C(C1=CC=CC=CN1)(C1=CC=CC=CN1)C1CCNC1. The van der Waals surface area contributed by atoms with Gasteiger partial charge in [0.1, 0.15) is 5.54 Å². The molecule has 3 heterocycles. The molecule has 1 unspecified atom stereocenters. The summed E-state index contributed by atoms with van der Waals surface area (Å²) in [6, 6.07) is 0. The minimum atomic E-state index is -0.235. The van der Waals surface area contributed by atoms with Gasteiger partial charge in [0.15, 0.2) is 0 Å². The first-order valence-corrected chi connectivity index (χ1v) is 8.25. The molecule has 1 fully saturated rings. The zero-order chi connectivity index (χ0) is 16.1. The Hall–Kier alpha value is -2.04. The Morgan fingerprint density at radius 2 is 1.52 bits per heavy atom. The van der Waals surface area contributed by atoms with Crippen LogP contribution in [0, 0.1) is 5.92 Å². The second kappa shape index (κ2) is 7.02. The Balaban J connectivity index is 2.13. The average molecular weight is 310 g/mol. The zero-order valence-electron chi connectivity index (χ0n) is 13.9. The maximum Gasteiger partial charge on any atom is 0.105 e. The molecule has 122 valence electrons. The first-order valence-electron chi connectivity index (χ1n) is 8.25. The molecule has 0 bridgehead atoms. The van der Waals surface area contributed by atoms with Crippen LogP contribution in [0.1, 0.15) is 6.42 Å². The fourth-order valence-corrected chi connectivity index (χ4v) is 3.83. The Bertz CT molecular complexity index is 559. The summed E-state index contributed by atoms with van der Waals surface area (Å²) in [6.45, 7) is 2.08. The number of hydrogen-bond donors (Lipinski definition) is 3. The topological polar surface area (TPSA) is 39.3 Å². The Labute approximate surface area is 139 Å². The van der Waals surface area contributed by atoms with Crippen molar-refractivity contribution >= 4 is 0 Å². The molecule has 4 heteroatoms. The van der Waals surface area contributed by atoms with E-state index in [9.17, 15) is 0 Å². The van der Waals surface area contributed by atoms with Crippen LogP contribution in [0.15, 0.2) is 72.4 Å². The predicted molar refractivity (Wildman–Crippen MR) is 96.4 cm³/mol. The van der Waals surface area contributed by atoms with Crippen LogP contribution >= 0.6 is 0 Å². The Morgan fingerprint density at radius 3 is 2.00 bits per heavy atom. The Morgan fingerprint density at radius 1 is 0.913 bits per heavy atom. The zero-order valence-corrected chi connectivity index (χ0v) is 13.9. The van der Waals surface area contributed by atoms with Gasteiger partial charge in [0.05, 0.1) is 0 Å². The van der Waals surface area contributed by atoms with Crippen molar-refractivity contribution in [2.45, 2.75) is 12.0 Å². The quantitative estimate of drug-likeness (QED) is 0.743. The fourth-order valence-electron chi connectivity index (χ4n) is 3.83. The third-order valence-electron chi connectivity index (χ3n) is 4.82. The third kappa shape index (κ3) is 2.92. The van der Waals surface area contributed by atoms with E-state index in [2.05, 4.69) is 71.4 Å². The van der Waals surface area contributed by atoms with Gasteiger partial charge in [-0.1, -0.05) is 24.3 Å². The fraction of sp³-hybridized carbons (Fsp3) is 0.368. The highest BCUT2D eigenvalue weighted by atomic mass is 15.2. The molecule has 0 saturated carbocycles. The molecule has 3 aliphatic heterocycles. The van der Waals surface area contributed by atoms with E-state index in [1.807, 2.05) is 24.6 Å². The van der Waals surface area contributed by atoms with E-state index >= 15 is 0 Å². The lowest BCUT2D eigenvalue weighted by atomic mass is 9.75. The minimum Gasteiger partial charge on any atom is -0.363 e. The molecular formula is C19H26N4. The number of hydrogen-bond acceptors (Lipinski definition) is 4. The van der Waals surface area contributed by atoms with Crippen LogP contribution in [0.25, 0.3) is 0 Å². The molecule has 0 radical (unpaired) electrons. The van der Waals surface area contributed by atoms with Crippen LogP contribution in [0.5, 0.6) is 0 Å². The summed E-state index contributed by atoms with van der Waals surface area (Å²) in [5, 5.41) is 10.6. The molecule has 0 aromatic rings. The van der Waals surface area contributed by atoms with E-state index in [0.717, 1.165) is 19.5 Å². The van der Waals surface area contributed by atoms with Gasteiger partial charge in [-0.15, -0.1) is 0 Å². The van der Waals surface area contributed by atoms with Crippen molar-refractivity contribution in [3.8, 4) is 0 Å². The van der Waals surface area contributed by atoms with E-state index in [4.69, 9.17) is 0 Å². The summed E-state index contributed by atoms with van der Waals surface area (Å²) in [6.07, 6.45) is 22.0. The summed E-state index contributed by atoms with van der Waals surface area (Å²) in [5.74, 6) is 0.481. The van der Waals surface area contributed by atoms with Crippen molar-refractivity contribution in [1.82, 2.24) is 20.9 Å². The highest BCUT2D eigenvalue weighted by molar-refractivity contribution is 5.43. The number of allylic oxidation sites excluding steroid dienone is 8. The molecule has 0 spiro atoms. The van der Waals surface area contributed by atoms with Crippen molar-refractivity contribution in [2.24, 2.45) is 5.92 Å². The Kier molecular flexibility index (Phi) is 4.84. The molecule has 23 heavy (non-hydrogen) atoms. The number of nitrogens with zero attached hydrogens (tertiary/aromatic N) is 1. The van der Waals surface area contributed by atoms with E-state index < -0.39 is 0 Å². The van der Waals surface area contributed by atoms with Gasteiger partial charge in [-0.3, -0.25) is 4.90 Å². The van der Waals surface area contributed by atoms with Crippen molar-refractivity contribution in [3.05, 3.63) is 72.4 Å². The van der Waals surface area contributed by atoms with Gasteiger partial charge in [0.25, 0.3) is 0 Å². The summed E-state index contributed by atoms with van der Waals surface area (Å²) in [7, 11) is 4.33. The molecule has 0 aromatic heterocycles. The smallest absolute Gasteiger partial charge is 0.105 e. The summed E-state index contributed by atoms with van der Waals surface area (Å²) < 4.78 is 0. The molecule has 3 aliphatic rings.